The summed E-state index contributed by atoms with van der Waals surface area (Å²) in [4.78, 5) is 15.4. The monoisotopic (exact) mass is 400 g/mol. The molecule has 2 aliphatic carbocycles. The average molecular weight is 401 g/mol. The van der Waals surface area contributed by atoms with Crippen molar-refractivity contribution in [3.8, 4) is 0 Å². The van der Waals surface area contributed by atoms with E-state index in [1.54, 1.807) is 19.0 Å². The second-order valence-corrected chi connectivity index (χ2v) is 9.16. The summed E-state index contributed by atoms with van der Waals surface area (Å²) in [7, 11) is 7.60. The first-order valence-corrected chi connectivity index (χ1v) is 10.8. The normalized spacial score (nSPS) is 26.8. The Kier molecular flexibility index (Phi) is 7.01. The molecular formula is C24H36N2O3. The van der Waals surface area contributed by atoms with Crippen molar-refractivity contribution in [2.24, 2.45) is 17.8 Å². The van der Waals surface area contributed by atoms with E-state index in [4.69, 9.17) is 0 Å². The lowest BCUT2D eigenvalue weighted by Gasteiger charge is -2.28. The van der Waals surface area contributed by atoms with Crippen molar-refractivity contribution in [3.05, 3.63) is 41.5 Å². The van der Waals surface area contributed by atoms with Crippen LogP contribution in [0.3, 0.4) is 0 Å². The third kappa shape index (κ3) is 5.01. The number of nitrogens with zero attached hydrogens (tertiary/aromatic N) is 2. The molecule has 1 aromatic rings. The zero-order valence-electron chi connectivity index (χ0n) is 18.2. The predicted octanol–water partition coefficient (Wildman–Crippen LogP) is 3.38. The first-order valence-electron chi connectivity index (χ1n) is 10.8. The van der Waals surface area contributed by atoms with Crippen LogP contribution in [0, 0.1) is 17.8 Å². The average Bonchev–Trinajstić information content (AvgIpc) is 3.20. The van der Waals surface area contributed by atoms with Gasteiger partial charge in [0.1, 0.15) is 0 Å². The topological polar surface area (TPSA) is 64.0 Å². The number of allylic oxidation sites excluding steroid dienone is 2. The molecule has 5 heteroatoms. The quantitative estimate of drug-likeness (QED) is 0.519. The number of aliphatic hydroxyl groups excluding tert-OH is 2. The van der Waals surface area contributed by atoms with Gasteiger partial charge < -0.3 is 20.0 Å². The Labute approximate surface area is 175 Å². The third-order valence-electron chi connectivity index (χ3n) is 6.70. The highest BCUT2D eigenvalue weighted by Crippen LogP contribution is 2.51. The van der Waals surface area contributed by atoms with Crippen molar-refractivity contribution in [2.45, 2.75) is 50.7 Å². The summed E-state index contributed by atoms with van der Waals surface area (Å²) in [6.45, 7) is 0. The van der Waals surface area contributed by atoms with Crippen molar-refractivity contribution in [1.82, 2.24) is 4.90 Å². The minimum Gasteiger partial charge on any atom is -0.393 e. The molecule has 0 heterocycles. The Balaban J connectivity index is 1.56. The van der Waals surface area contributed by atoms with E-state index >= 15 is 0 Å². The van der Waals surface area contributed by atoms with Crippen LogP contribution in [0.25, 0.3) is 0 Å². The Morgan fingerprint density at radius 2 is 1.83 bits per heavy atom. The first-order chi connectivity index (χ1) is 13.8. The second kappa shape index (κ2) is 9.31. The molecule has 160 valence electrons. The molecule has 0 spiro atoms. The van der Waals surface area contributed by atoms with Crippen LogP contribution < -0.4 is 4.90 Å². The molecule has 1 fully saturated rings. The highest BCUT2D eigenvalue weighted by Gasteiger charge is 2.47. The van der Waals surface area contributed by atoms with Gasteiger partial charge in [0.2, 0.25) is 5.91 Å². The van der Waals surface area contributed by atoms with Gasteiger partial charge in [-0.1, -0.05) is 23.8 Å². The van der Waals surface area contributed by atoms with Gasteiger partial charge in [0, 0.05) is 46.2 Å². The summed E-state index contributed by atoms with van der Waals surface area (Å²) in [5.41, 5.74) is 3.42. The zero-order valence-corrected chi connectivity index (χ0v) is 18.2. The van der Waals surface area contributed by atoms with Gasteiger partial charge in [-0.25, -0.2) is 0 Å². The number of amides is 1. The van der Waals surface area contributed by atoms with Gasteiger partial charge in [0.25, 0.3) is 0 Å². The molecule has 3 rings (SSSR count). The molecule has 1 amide bonds. The van der Waals surface area contributed by atoms with E-state index in [0.29, 0.717) is 18.3 Å². The lowest BCUT2D eigenvalue weighted by molar-refractivity contribution is -0.128. The minimum atomic E-state index is -0.637. The fourth-order valence-corrected chi connectivity index (χ4v) is 5.01. The Morgan fingerprint density at radius 1 is 1.14 bits per heavy atom. The van der Waals surface area contributed by atoms with E-state index in [1.807, 2.05) is 43.3 Å². The molecule has 0 bridgehead atoms. The predicted molar refractivity (Wildman–Crippen MR) is 117 cm³/mol. The van der Waals surface area contributed by atoms with E-state index in [2.05, 4.69) is 6.08 Å². The molecule has 0 unspecified atom stereocenters. The van der Waals surface area contributed by atoms with Crippen molar-refractivity contribution < 1.29 is 15.0 Å². The van der Waals surface area contributed by atoms with Gasteiger partial charge in [-0.05, 0) is 61.6 Å². The number of benzene rings is 1. The van der Waals surface area contributed by atoms with Gasteiger partial charge in [-0.15, -0.1) is 0 Å². The number of hydrogen-bond donors (Lipinski definition) is 2. The lowest BCUT2D eigenvalue weighted by atomic mass is 9.82. The molecule has 5 atom stereocenters. The molecule has 0 aliphatic heterocycles. The number of carbonyl (C=O) groups excluding carboxylic acids is 1. The molecule has 0 aromatic heterocycles. The van der Waals surface area contributed by atoms with Crippen LogP contribution in [0.4, 0.5) is 5.69 Å². The summed E-state index contributed by atoms with van der Waals surface area (Å²) in [6, 6.07) is 7.99. The summed E-state index contributed by atoms with van der Waals surface area (Å²) < 4.78 is 0. The van der Waals surface area contributed by atoms with E-state index in [9.17, 15) is 15.0 Å². The van der Waals surface area contributed by atoms with Gasteiger partial charge in [-0.3, -0.25) is 4.79 Å². The maximum Gasteiger partial charge on any atom is 0.222 e. The molecule has 2 N–H and O–H groups in total. The zero-order chi connectivity index (χ0) is 21.1. The van der Waals surface area contributed by atoms with E-state index in [0.717, 1.165) is 43.4 Å². The van der Waals surface area contributed by atoms with Crippen LogP contribution in [0.5, 0.6) is 0 Å². The van der Waals surface area contributed by atoms with Gasteiger partial charge in [0.05, 0.1) is 12.2 Å². The Hall–Kier alpha value is -1.85. The van der Waals surface area contributed by atoms with Crippen LogP contribution >= 0.6 is 0 Å². The number of fused-ring (bicyclic) bond motifs is 1. The summed E-state index contributed by atoms with van der Waals surface area (Å²) in [5.74, 6) is 0.749. The van der Waals surface area contributed by atoms with Crippen LogP contribution in [-0.4, -0.2) is 55.3 Å². The molecule has 0 saturated heterocycles. The van der Waals surface area contributed by atoms with E-state index < -0.39 is 12.2 Å². The number of anilines is 1. The van der Waals surface area contributed by atoms with Gasteiger partial charge in [0.15, 0.2) is 0 Å². The standard InChI is InChI=1S/C24H36N2O3/c1-25(2)19-11-9-17(10-12-19)24(29)23-20-14-16(13-18(20)15-21(23)27)7-5-6-8-22(28)26(3)4/h9-13,18,20-21,23-24,27,29H,5-8,14-15H2,1-4H3/t18-,20-,21+,23+,24-/m0/s1. The molecule has 1 saturated carbocycles. The summed E-state index contributed by atoms with van der Waals surface area (Å²) in [6.07, 6.45) is 6.50. The van der Waals surface area contributed by atoms with E-state index in [-0.39, 0.29) is 11.8 Å². The fraction of sp³-hybridized carbons (Fsp3) is 0.625. The molecule has 5 nitrogen and oxygen atoms in total. The SMILES string of the molecule is CN(C)C(=O)CCCCC1=C[C@H]2C[C@@H](O)[C@H]([C@@H](O)c3ccc(N(C)C)cc3)[C@H]2C1. The molecule has 0 radical (unpaired) electrons. The smallest absolute Gasteiger partial charge is 0.222 e. The largest absolute Gasteiger partial charge is 0.393 e. The first kappa shape index (κ1) is 21.8. The maximum absolute atomic E-state index is 11.7. The number of carbonyl (C=O) groups is 1. The van der Waals surface area contributed by atoms with Crippen LogP contribution in [0.2, 0.25) is 0 Å². The number of unbranched alkanes of at least 4 members (excludes halogenated alkanes) is 1. The van der Waals surface area contributed by atoms with Crippen molar-refractivity contribution in [1.29, 1.82) is 0 Å². The fourth-order valence-electron chi connectivity index (χ4n) is 5.01. The van der Waals surface area contributed by atoms with Gasteiger partial charge >= 0.3 is 0 Å². The summed E-state index contributed by atoms with van der Waals surface area (Å²) >= 11 is 0. The second-order valence-electron chi connectivity index (χ2n) is 9.16. The van der Waals surface area contributed by atoms with Crippen molar-refractivity contribution >= 4 is 11.6 Å². The van der Waals surface area contributed by atoms with Crippen LogP contribution in [0.15, 0.2) is 35.9 Å². The lowest BCUT2D eigenvalue weighted by Crippen LogP contribution is -2.26. The molecular weight excluding hydrogens is 364 g/mol. The van der Waals surface area contributed by atoms with E-state index in [1.165, 1.54) is 5.57 Å². The highest BCUT2D eigenvalue weighted by atomic mass is 16.3. The molecule has 2 aliphatic rings. The highest BCUT2D eigenvalue weighted by molar-refractivity contribution is 5.75. The van der Waals surface area contributed by atoms with Crippen LogP contribution in [0.1, 0.15) is 50.2 Å². The number of aliphatic hydroxyl groups is 2. The Bertz CT molecular complexity index is 726. The maximum atomic E-state index is 11.7. The number of hydrogen-bond acceptors (Lipinski definition) is 4. The number of rotatable bonds is 8. The molecule has 1 aromatic carbocycles. The minimum absolute atomic E-state index is 0.116. The molecule has 29 heavy (non-hydrogen) atoms. The van der Waals surface area contributed by atoms with Crippen molar-refractivity contribution in [2.75, 3.05) is 33.1 Å². The van der Waals surface area contributed by atoms with Crippen molar-refractivity contribution in [3.63, 3.8) is 0 Å². The van der Waals surface area contributed by atoms with Gasteiger partial charge in [-0.2, -0.15) is 0 Å². The third-order valence-corrected chi connectivity index (χ3v) is 6.70. The van der Waals surface area contributed by atoms with Crippen LogP contribution in [-0.2, 0) is 4.79 Å². The summed E-state index contributed by atoms with van der Waals surface area (Å²) in [5, 5.41) is 21.7. The Morgan fingerprint density at radius 3 is 2.45 bits per heavy atom.